The van der Waals surface area contributed by atoms with E-state index in [1.54, 1.807) is 17.0 Å². The zero-order valence-electron chi connectivity index (χ0n) is 17.1. The van der Waals surface area contributed by atoms with E-state index >= 15 is 0 Å². The summed E-state index contributed by atoms with van der Waals surface area (Å²) < 4.78 is 12.2. The molecular formula is C24H23BrN2O4. The van der Waals surface area contributed by atoms with Gasteiger partial charge in [0.2, 0.25) is 5.76 Å². The maximum Gasteiger partial charge on any atom is 0.290 e. The van der Waals surface area contributed by atoms with Crippen molar-refractivity contribution < 1.29 is 13.9 Å². The van der Waals surface area contributed by atoms with Crippen molar-refractivity contribution in [2.45, 2.75) is 12.5 Å². The van der Waals surface area contributed by atoms with Gasteiger partial charge in [-0.3, -0.25) is 14.5 Å². The summed E-state index contributed by atoms with van der Waals surface area (Å²) in [5, 5.41) is 0.483. The molecule has 0 spiro atoms. The van der Waals surface area contributed by atoms with E-state index in [4.69, 9.17) is 9.15 Å². The van der Waals surface area contributed by atoms with Crippen LogP contribution in [-0.4, -0.2) is 55.1 Å². The van der Waals surface area contributed by atoms with E-state index in [9.17, 15) is 9.59 Å². The maximum atomic E-state index is 13.5. The summed E-state index contributed by atoms with van der Waals surface area (Å²) in [5.74, 6) is -0.0483. The lowest BCUT2D eigenvalue weighted by molar-refractivity contribution is 0.0353. The molecule has 1 atom stereocenters. The predicted molar refractivity (Wildman–Crippen MR) is 121 cm³/mol. The number of rotatable bonds is 5. The summed E-state index contributed by atoms with van der Waals surface area (Å²) >= 11 is 3.43. The lowest BCUT2D eigenvalue weighted by Crippen LogP contribution is -2.38. The van der Waals surface area contributed by atoms with Crippen LogP contribution < -0.4 is 5.43 Å². The minimum absolute atomic E-state index is 0.143. The van der Waals surface area contributed by atoms with Crippen molar-refractivity contribution in [1.29, 1.82) is 0 Å². The Kier molecular flexibility index (Phi) is 5.65. The van der Waals surface area contributed by atoms with Crippen molar-refractivity contribution in [2.75, 3.05) is 39.4 Å². The van der Waals surface area contributed by atoms with Gasteiger partial charge in [-0.15, -0.1) is 0 Å². The molecule has 0 saturated carbocycles. The van der Waals surface area contributed by atoms with E-state index in [0.29, 0.717) is 23.1 Å². The number of morpholine rings is 1. The first-order valence-corrected chi connectivity index (χ1v) is 11.3. The van der Waals surface area contributed by atoms with Crippen molar-refractivity contribution in [2.24, 2.45) is 0 Å². The van der Waals surface area contributed by atoms with Crippen molar-refractivity contribution in [3.8, 4) is 0 Å². The lowest BCUT2D eigenvalue weighted by atomic mass is 9.98. The number of nitrogens with zero attached hydrogens (tertiary/aromatic N) is 2. The number of amides is 1. The van der Waals surface area contributed by atoms with Crippen LogP contribution in [0.4, 0.5) is 0 Å². The van der Waals surface area contributed by atoms with E-state index in [2.05, 4.69) is 20.8 Å². The summed E-state index contributed by atoms with van der Waals surface area (Å²) in [7, 11) is 0. The molecule has 0 radical (unpaired) electrons. The van der Waals surface area contributed by atoms with Crippen LogP contribution in [0.25, 0.3) is 11.0 Å². The number of ether oxygens (including phenoxy) is 1. The smallest absolute Gasteiger partial charge is 0.290 e. The molecule has 0 bridgehead atoms. The molecule has 3 aromatic rings. The third kappa shape index (κ3) is 3.82. The number of carbonyl (C=O) groups excluding carboxylic acids is 1. The van der Waals surface area contributed by atoms with Crippen LogP contribution in [0.1, 0.15) is 34.1 Å². The second-order valence-corrected chi connectivity index (χ2v) is 8.85. The SMILES string of the molecule is O=C1c2oc3ccc(Br)cc3c(=O)c2[C@H](c2ccccc2)N1CCCN1CCOCC1. The van der Waals surface area contributed by atoms with Gasteiger partial charge in [-0.05, 0) is 30.2 Å². The van der Waals surface area contributed by atoms with Gasteiger partial charge in [0.25, 0.3) is 5.91 Å². The topological polar surface area (TPSA) is 63.0 Å². The molecular weight excluding hydrogens is 460 g/mol. The average Bonchev–Trinajstić information content (AvgIpc) is 3.08. The third-order valence-corrected chi connectivity index (χ3v) is 6.51. The van der Waals surface area contributed by atoms with Gasteiger partial charge in [0.15, 0.2) is 5.43 Å². The highest BCUT2D eigenvalue weighted by atomic mass is 79.9. The van der Waals surface area contributed by atoms with Crippen LogP contribution in [-0.2, 0) is 4.74 Å². The van der Waals surface area contributed by atoms with E-state index in [1.165, 1.54) is 0 Å². The van der Waals surface area contributed by atoms with Crippen molar-refractivity contribution >= 4 is 32.8 Å². The maximum absolute atomic E-state index is 13.5. The molecule has 1 fully saturated rings. The third-order valence-electron chi connectivity index (χ3n) is 6.02. The molecule has 1 aromatic heterocycles. The summed E-state index contributed by atoms with van der Waals surface area (Å²) in [5.41, 5.74) is 1.65. The van der Waals surface area contributed by atoms with Crippen LogP contribution in [0.2, 0.25) is 0 Å². The minimum atomic E-state index is -0.437. The Morgan fingerprint density at radius 1 is 1.00 bits per heavy atom. The monoisotopic (exact) mass is 482 g/mol. The molecule has 160 valence electrons. The summed E-state index contributed by atoms with van der Waals surface area (Å²) in [6.45, 7) is 4.77. The molecule has 3 heterocycles. The molecule has 0 N–H and O–H groups in total. The van der Waals surface area contributed by atoms with Gasteiger partial charge in [0.1, 0.15) is 5.58 Å². The molecule has 0 unspecified atom stereocenters. The highest BCUT2D eigenvalue weighted by Crippen LogP contribution is 2.38. The number of hydrogen-bond donors (Lipinski definition) is 0. The quantitative estimate of drug-likeness (QED) is 0.552. The summed E-state index contributed by atoms with van der Waals surface area (Å²) in [6.07, 6.45) is 0.822. The molecule has 7 heteroatoms. The fourth-order valence-electron chi connectivity index (χ4n) is 4.49. The Balaban J connectivity index is 1.52. The second kappa shape index (κ2) is 8.57. The van der Waals surface area contributed by atoms with Crippen molar-refractivity contribution in [1.82, 2.24) is 9.80 Å². The fourth-order valence-corrected chi connectivity index (χ4v) is 4.86. The van der Waals surface area contributed by atoms with Crippen LogP contribution in [0.5, 0.6) is 0 Å². The Labute approximate surface area is 188 Å². The van der Waals surface area contributed by atoms with E-state index in [1.807, 2.05) is 36.4 Å². The lowest BCUT2D eigenvalue weighted by Gasteiger charge is -2.29. The number of hydrogen-bond acceptors (Lipinski definition) is 5. The van der Waals surface area contributed by atoms with Crippen LogP contribution in [0, 0.1) is 0 Å². The van der Waals surface area contributed by atoms with E-state index < -0.39 is 6.04 Å². The Bertz CT molecular complexity index is 1170. The van der Waals surface area contributed by atoms with Crippen molar-refractivity contribution in [3.63, 3.8) is 0 Å². The molecule has 31 heavy (non-hydrogen) atoms. The van der Waals surface area contributed by atoms with Crippen LogP contribution in [0.15, 0.2) is 62.2 Å². The Morgan fingerprint density at radius 2 is 1.77 bits per heavy atom. The first-order chi connectivity index (χ1) is 15.1. The summed E-state index contributed by atoms with van der Waals surface area (Å²) in [4.78, 5) is 31.0. The molecule has 6 nitrogen and oxygen atoms in total. The minimum Gasteiger partial charge on any atom is -0.450 e. The molecule has 5 rings (SSSR count). The van der Waals surface area contributed by atoms with Crippen LogP contribution in [0.3, 0.4) is 0 Å². The average molecular weight is 483 g/mol. The first kappa shape index (κ1) is 20.4. The standard InChI is InChI=1S/C24H23BrN2O4/c25-17-7-8-19-18(15-17)22(28)20-21(16-5-2-1-3-6-16)27(24(29)23(20)31-19)10-4-9-26-11-13-30-14-12-26/h1-3,5-8,15,21H,4,9-14H2/t21-/m0/s1. The van der Waals surface area contributed by atoms with Gasteiger partial charge in [0.05, 0.1) is 30.2 Å². The van der Waals surface area contributed by atoms with Gasteiger partial charge >= 0.3 is 0 Å². The number of benzene rings is 2. The van der Waals surface area contributed by atoms with Crippen molar-refractivity contribution in [3.05, 3.63) is 80.1 Å². The second-order valence-electron chi connectivity index (χ2n) is 7.93. The van der Waals surface area contributed by atoms with Gasteiger partial charge in [-0.2, -0.15) is 0 Å². The molecule has 0 aliphatic carbocycles. The van der Waals surface area contributed by atoms with Gasteiger partial charge in [0, 0.05) is 30.7 Å². The molecule has 2 aliphatic rings. The Morgan fingerprint density at radius 3 is 2.55 bits per heavy atom. The highest BCUT2D eigenvalue weighted by Gasteiger charge is 2.42. The van der Waals surface area contributed by atoms with Gasteiger partial charge in [-0.1, -0.05) is 46.3 Å². The van der Waals surface area contributed by atoms with E-state index in [0.717, 1.165) is 49.3 Å². The molecule has 2 aliphatic heterocycles. The zero-order chi connectivity index (χ0) is 21.4. The zero-order valence-corrected chi connectivity index (χ0v) is 18.6. The largest absolute Gasteiger partial charge is 0.450 e. The number of carbonyl (C=O) groups is 1. The Hall–Kier alpha value is -2.48. The first-order valence-electron chi connectivity index (χ1n) is 10.6. The molecule has 2 aromatic carbocycles. The number of fused-ring (bicyclic) bond motifs is 2. The highest BCUT2D eigenvalue weighted by molar-refractivity contribution is 9.10. The normalized spacial score (nSPS) is 19.2. The molecule has 1 amide bonds. The molecule has 1 saturated heterocycles. The predicted octanol–water partition coefficient (Wildman–Crippen LogP) is 3.82. The fraction of sp³-hybridized carbons (Fsp3) is 0.333. The van der Waals surface area contributed by atoms with Gasteiger partial charge < -0.3 is 14.1 Å². The van der Waals surface area contributed by atoms with Gasteiger partial charge in [-0.25, -0.2) is 0 Å². The van der Waals surface area contributed by atoms with E-state index in [-0.39, 0.29) is 17.1 Å². The summed E-state index contributed by atoms with van der Waals surface area (Å²) in [6, 6.07) is 14.6. The van der Waals surface area contributed by atoms with Crippen LogP contribution >= 0.6 is 15.9 Å². The number of halogens is 1.